The molecule has 152 valence electrons. The SMILES string of the molecule is CCN(Cc1ccc(N(C)C)cc1)C(C)C(=O)Nc1ccc(S(N)(=O)=O)cc1. The van der Waals surface area contributed by atoms with Crippen molar-refractivity contribution < 1.29 is 13.2 Å². The highest BCUT2D eigenvalue weighted by molar-refractivity contribution is 7.89. The summed E-state index contributed by atoms with van der Waals surface area (Å²) in [5.74, 6) is -0.157. The number of rotatable bonds is 8. The second-order valence-corrected chi connectivity index (χ2v) is 8.42. The van der Waals surface area contributed by atoms with Gasteiger partial charge >= 0.3 is 0 Å². The molecule has 0 saturated heterocycles. The number of sulfonamides is 1. The van der Waals surface area contributed by atoms with Crippen molar-refractivity contribution in [1.82, 2.24) is 4.90 Å². The molecule has 0 aliphatic rings. The predicted octanol–water partition coefficient (Wildman–Crippen LogP) is 2.25. The van der Waals surface area contributed by atoms with Gasteiger partial charge in [-0.3, -0.25) is 9.69 Å². The molecule has 1 unspecified atom stereocenters. The number of amides is 1. The number of hydrogen-bond acceptors (Lipinski definition) is 5. The van der Waals surface area contributed by atoms with E-state index in [1.54, 1.807) is 0 Å². The number of likely N-dealkylation sites (N-methyl/N-ethyl adjacent to an activating group) is 1. The van der Waals surface area contributed by atoms with E-state index in [-0.39, 0.29) is 16.8 Å². The van der Waals surface area contributed by atoms with E-state index >= 15 is 0 Å². The molecule has 0 aromatic heterocycles. The molecule has 28 heavy (non-hydrogen) atoms. The average molecular weight is 405 g/mol. The minimum Gasteiger partial charge on any atom is -0.378 e. The van der Waals surface area contributed by atoms with Gasteiger partial charge in [-0.1, -0.05) is 19.1 Å². The lowest BCUT2D eigenvalue weighted by atomic mass is 10.1. The average Bonchev–Trinajstić information content (AvgIpc) is 2.65. The molecule has 1 amide bonds. The second-order valence-electron chi connectivity index (χ2n) is 6.86. The van der Waals surface area contributed by atoms with Gasteiger partial charge in [0.05, 0.1) is 10.9 Å². The molecule has 3 N–H and O–H groups in total. The smallest absolute Gasteiger partial charge is 0.241 e. The zero-order chi connectivity index (χ0) is 20.9. The molecular formula is C20H28N4O3S. The first-order chi connectivity index (χ1) is 13.1. The normalized spacial score (nSPS) is 12.6. The van der Waals surface area contributed by atoms with Crippen molar-refractivity contribution >= 4 is 27.3 Å². The third-order valence-electron chi connectivity index (χ3n) is 4.62. The van der Waals surface area contributed by atoms with Crippen LogP contribution in [0.25, 0.3) is 0 Å². The van der Waals surface area contributed by atoms with Crippen molar-refractivity contribution in [3.63, 3.8) is 0 Å². The predicted molar refractivity (Wildman–Crippen MR) is 113 cm³/mol. The quantitative estimate of drug-likeness (QED) is 0.704. The Balaban J connectivity index is 2.03. The van der Waals surface area contributed by atoms with Gasteiger partial charge in [-0.15, -0.1) is 0 Å². The summed E-state index contributed by atoms with van der Waals surface area (Å²) < 4.78 is 22.6. The molecule has 2 aromatic carbocycles. The molecule has 0 spiro atoms. The van der Waals surface area contributed by atoms with Gasteiger partial charge in [0.15, 0.2) is 0 Å². The molecule has 0 heterocycles. The summed E-state index contributed by atoms with van der Waals surface area (Å²) in [6.45, 7) is 5.24. The minimum absolute atomic E-state index is 0.00917. The molecule has 1 atom stereocenters. The highest BCUT2D eigenvalue weighted by Gasteiger charge is 2.20. The molecule has 0 aliphatic carbocycles. The van der Waals surface area contributed by atoms with Crippen molar-refractivity contribution in [3.8, 4) is 0 Å². The number of benzene rings is 2. The maximum Gasteiger partial charge on any atom is 0.241 e. The lowest BCUT2D eigenvalue weighted by molar-refractivity contribution is -0.120. The first kappa shape index (κ1) is 21.9. The maximum atomic E-state index is 12.6. The summed E-state index contributed by atoms with van der Waals surface area (Å²) in [7, 11) is 0.242. The number of anilines is 2. The second kappa shape index (κ2) is 9.18. The van der Waals surface area contributed by atoms with Crippen LogP contribution < -0.4 is 15.4 Å². The topological polar surface area (TPSA) is 95.7 Å². The lowest BCUT2D eigenvalue weighted by Crippen LogP contribution is -2.41. The van der Waals surface area contributed by atoms with Gasteiger partial charge in [0, 0.05) is 32.0 Å². The van der Waals surface area contributed by atoms with Crippen LogP contribution in [0.3, 0.4) is 0 Å². The minimum atomic E-state index is -3.75. The summed E-state index contributed by atoms with van der Waals surface area (Å²) in [6, 6.07) is 13.7. The zero-order valence-electron chi connectivity index (χ0n) is 16.7. The molecular weight excluding hydrogens is 376 g/mol. The Kier molecular flexibility index (Phi) is 7.17. The standard InChI is InChI=1S/C20H28N4O3S/c1-5-24(14-16-6-10-18(11-7-16)23(3)4)15(2)20(25)22-17-8-12-19(13-9-17)28(21,26)27/h6-13,15H,5,14H2,1-4H3,(H,22,25)(H2,21,26,27). The first-order valence-electron chi connectivity index (χ1n) is 9.06. The Labute approximate surface area is 167 Å². The Morgan fingerprint density at radius 3 is 2.11 bits per heavy atom. The maximum absolute atomic E-state index is 12.6. The summed E-state index contributed by atoms with van der Waals surface area (Å²) in [5, 5.41) is 7.91. The van der Waals surface area contributed by atoms with Crippen molar-refractivity contribution in [2.45, 2.75) is 31.3 Å². The van der Waals surface area contributed by atoms with E-state index in [1.807, 2.05) is 32.8 Å². The number of carbonyl (C=O) groups is 1. The van der Waals surface area contributed by atoms with Gasteiger partial charge in [0.1, 0.15) is 0 Å². The molecule has 0 saturated carbocycles. The fraction of sp³-hybridized carbons (Fsp3) is 0.350. The Morgan fingerprint density at radius 1 is 1.07 bits per heavy atom. The highest BCUT2D eigenvalue weighted by atomic mass is 32.2. The summed E-state index contributed by atoms with van der Waals surface area (Å²) >= 11 is 0. The van der Waals surface area contributed by atoms with Crippen molar-refractivity contribution in [3.05, 3.63) is 54.1 Å². The molecule has 2 rings (SSSR count). The van der Waals surface area contributed by atoms with Gasteiger partial charge in [0.2, 0.25) is 15.9 Å². The number of carbonyl (C=O) groups excluding carboxylic acids is 1. The van der Waals surface area contributed by atoms with Gasteiger partial charge in [0.25, 0.3) is 0 Å². The van der Waals surface area contributed by atoms with Crippen LogP contribution in [-0.4, -0.2) is 45.9 Å². The number of nitrogens with two attached hydrogens (primary N) is 1. The van der Waals surface area contributed by atoms with Crippen LogP contribution in [0.1, 0.15) is 19.4 Å². The summed E-state index contributed by atoms with van der Waals surface area (Å²) in [4.78, 5) is 16.7. The number of nitrogens with zero attached hydrogens (tertiary/aromatic N) is 2. The fourth-order valence-corrected chi connectivity index (χ4v) is 3.31. The molecule has 0 bridgehead atoms. The summed E-state index contributed by atoms with van der Waals surface area (Å²) in [6.07, 6.45) is 0. The summed E-state index contributed by atoms with van der Waals surface area (Å²) in [5.41, 5.74) is 2.78. The highest BCUT2D eigenvalue weighted by Crippen LogP contribution is 2.17. The van der Waals surface area contributed by atoms with Crippen LogP contribution in [0.5, 0.6) is 0 Å². The first-order valence-corrected chi connectivity index (χ1v) is 10.6. The monoisotopic (exact) mass is 404 g/mol. The molecule has 0 radical (unpaired) electrons. The molecule has 0 aliphatic heterocycles. The Morgan fingerprint density at radius 2 is 1.64 bits per heavy atom. The molecule has 0 fully saturated rings. The van der Waals surface area contributed by atoms with Crippen molar-refractivity contribution in [2.24, 2.45) is 5.14 Å². The van der Waals surface area contributed by atoms with Crippen molar-refractivity contribution in [1.29, 1.82) is 0 Å². The Bertz CT molecular complexity index is 894. The van der Waals surface area contributed by atoms with E-state index in [4.69, 9.17) is 5.14 Å². The third-order valence-corrected chi connectivity index (χ3v) is 5.55. The van der Waals surface area contributed by atoms with Crippen LogP contribution in [0.2, 0.25) is 0 Å². The molecule has 2 aromatic rings. The van der Waals surface area contributed by atoms with E-state index in [2.05, 4.69) is 34.5 Å². The number of nitrogens with one attached hydrogen (secondary N) is 1. The fourth-order valence-electron chi connectivity index (χ4n) is 2.80. The van der Waals surface area contributed by atoms with Crippen LogP contribution in [-0.2, 0) is 21.4 Å². The lowest BCUT2D eigenvalue weighted by Gasteiger charge is -2.27. The van der Waals surface area contributed by atoms with Gasteiger partial charge in [-0.25, -0.2) is 13.6 Å². The van der Waals surface area contributed by atoms with Crippen LogP contribution in [0.15, 0.2) is 53.4 Å². The van der Waals surface area contributed by atoms with Crippen LogP contribution >= 0.6 is 0 Å². The van der Waals surface area contributed by atoms with Gasteiger partial charge in [-0.05, 0) is 55.4 Å². The Hall–Kier alpha value is -2.42. The zero-order valence-corrected chi connectivity index (χ0v) is 17.5. The van der Waals surface area contributed by atoms with E-state index in [0.717, 1.165) is 11.3 Å². The van der Waals surface area contributed by atoms with Gasteiger partial charge in [-0.2, -0.15) is 0 Å². The third kappa shape index (κ3) is 5.79. The molecule has 8 heteroatoms. The largest absolute Gasteiger partial charge is 0.378 e. The van der Waals surface area contributed by atoms with Crippen LogP contribution in [0, 0.1) is 0 Å². The van der Waals surface area contributed by atoms with Crippen LogP contribution in [0.4, 0.5) is 11.4 Å². The number of primary sulfonamides is 1. The molecule has 7 nitrogen and oxygen atoms in total. The van der Waals surface area contributed by atoms with E-state index < -0.39 is 10.0 Å². The van der Waals surface area contributed by atoms with Gasteiger partial charge < -0.3 is 10.2 Å². The van der Waals surface area contributed by atoms with E-state index in [9.17, 15) is 13.2 Å². The number of hydrogen-bond donors (Lipinski definition) is 2. The van der Waals surface area contributed by atoms with E-state index in [0.29, 0.717) is 18.8 Å². The van der Waals surface area contributed by atoms with Crippen molar-refractivity contribution in [2.75, 3.05) is 30.9 Å². The van der Waals surface area contributed by atoms with E-state index in [1.165, 1.54) is 24.3 Å².